The van der Waals surface area contributed by atoms with Crippen molar-refractivity contribution in [2.24, 2.45) is 0 Å². The Labute approximate surface area is 128 Å². The Morgan fingerprint density at radius 1 is 0.684 bits per heavy atom. The van der Waals surface area contributed by atoms with Crippen molar-refractivity contribution in [2.75, 3.05) is 0 Å². The minimum atomic E-state index is -0.490. The minimum absolute atomic E-state index is 0. The number of hydrogen-bond acceptors (Lipinski definition) is 1. The Morgan fingerprint density at radius 2 is 1.16 bits per heavy atom. The predicted molar refractivity (Wildman–Crippen MR) is 73.3 cm³/mol. The molecule has 2 heteroatoms. The van der Waals surface area contributed by atoms with Gasteiger partial charge in [0.05, 0.1) is 6.10 Å². The first-order valence-electron chi connectivity index (χ1n) is 5.99. The van der Waals surface area contributed by atoms with Gasteiger partial charge in [-0.05, 0) is 63.4 Å². The summed E-state index contributed by atoms with van der Waals surface area (Å²) in [6.45, 7) is 0. The molecule has 1 aromatic rings. The average molecular weight is 292 g/mol. The van der Waals surface area contributed by atoms with Crippen molar-refractivity contribution in [1.29, 1.82) is 0 Å². The van der Waals surface area contributed by atoms with E-state index in [0.717, 1.165) is 11.5 Å². The van der Waals surface area contributed by atoms with Crippen LogP contribution >= 0.6 is 0 Å². The number of hydrogen-bond donors (Lipinski definition) is 1. The van der Waals surface area contributed by atoms with Crippen molar-refractivity contribution < 1.29 is 22.2 Å². The molecule has 0 bridgehead atoms. The summed E-state index contributed by atoms with van der Waals surface area (Å²) in [5, 5.41) is 9.88. The number of rotatable bonds is 2. The molecule has 3 rings (SSSR count). The standard InChI is InChI=1S/C12H11O.C5H5.Fe/c13-12(11-8-4-5-9-11)10-6-2-1-3-7-10;1-2-4-5-3-1;/h1-9,12-13H;1-5H;. The van der Waals surface area contributed by atoms with Crippen LogP contribution in [0.15, 0.2) is 30.3 Å². The van der Waals surface area contributed by atoms with Gasteiger partial charge in [0.25, 0.3) is 0 Å². The van der Waals surface area contributed by atoms with Gasteiger partial charge in [-0.1, -0.05) is 30.3 Å². The molecule has 0 spiro atoms. The molecule has 2 aliphatic rings. The van der Waals surface area contributed by atoms with Gasteiger partial charge in [0.1, 0.15) is 0 Å². The van der Waals surface area contributed by atoms with Crippen LogP contribution in [0, 0.1) is 63.7 Å². The minimum Gasteiger partial charge on any atom is -0.388 e. The SMILES string of the molecule is OC([C]1[CH][CH][CH][CH]1)c1ccccc1.[CH]1[CH][CH][CH][CH]1.[Fe]. The second-order valence-corrected chi connectivity index (χ2v) is 3.99. The second kappa shape index (κ2) is 9.58. The largest absolute Gasteiger partial charge is 0.388 e. The average Bonchev–Trinajstić information content (AvgIpc) is 3.14. The van der Waals surface area contributed by atoms with E-state index in [1.54, 1.807) is 0 Å². The van der Waals surface area contributed by atoms with Crippen LogP contribution in [0.1, 0.15) is 11.7 Å². The molecular formula is C17H16FeO. The molecule has 10 radical (unpaired) electrons. The Balaban J connectivity index is 0.000000256. The van der Waals surface area contributed by atoms with E-state index in [1.807, 2.05) is 88.1 Å². The molecule has 0 amide bonds. The van der Waals surface area contributed by atoms with Gasteiger partial charge >= 0.3 is 0 Å². The number of benzene rings is 1. The number of aliphatic hydroxyl groups excluding tert-OH is 1. The van der Waals surface area contributed by atoms with Gasteiger partial charge in [-0.15, -0.1) is 0 Å². The van der Waals surface area contributed by atoms with E-state index in [1.165, 1.54) is 0 Å². The smallest absolute Gasteiger partial charge is 0.0858 e. The zero-order chi connectivity index (χ0) is 12.6. The van der Waals surface area contributed by atoms with E-state index in [2.05, 4.69) is 0 Å². The summed E-state index contributed by atoms with van der Waals surface area (Å²) < 4.78 is 0. The molecule has 1 unspecified atom stereocenters. The predicted octanol–water partition coefficient (Wildman–Crippen LogP) is 3.14. The third kappa shape index (κ3) is 5.69. The Morgan fingerprint density at radius 3 is 1.63 bits per heavy atom. The number of aliphatic hydroxyl groups is 1. The van der Waals surface area contributed by atoms with Gasteiger partial charge in [0.15, 0.2) is 0 Å². The van der Waals surface area contributed by atoms with Gasteiger partial charge < -0.3 is 5.11 Å². The van der Waals surface area contributed by atoms with Crippen LogP contribution in [0.2, 0.25) is 0 Å². The molecule has 0 saturated heterocycles. The van der Waals surface area contributed by atoms with E-state index in [-0.39, 0.29) is 17.1 Å². The molecule has 1 aromatic carbocycles. The van der Waals surface area contributed by atoms with Crippen LogP contribution in [0.25, 0.3) is 0 Å². The summed E-state index contributed by atoms with van der Waals surface area (Å²) in [5.41, 5.74) is 0.939. The third-order valence-electron chi connectivity index (χ3n) is 2.68. The van der Waals surface area contributed by atoms with Gasteiger partial charge in [-0.2, -0.15) is 0 Å². The maximum absolute atomic E-state index is 9.88. The van der Waals surface area contributed by atoms with E-state index in [9.17, 15) is 5.11 Å². The van der Waals surface area contributed by atoms with E-state index < -0.39 is 6.10 Å². The fourth-order valence-electron chi connectivity index (χ4n) is 1.72. The molecule has 2 saturated carbocycles. The van der Waals surface area contributed by atoms with Crippen LogP contribution in [-0.4, -0.2) is 5.11 Å². The topological polar surface area (TPSA) is 20.2 Å². The summed E-state index contributed by atoms with van der Waals surface area (Å²) >= 11 is 0. The van der Waals surface area contributed by atoms with Gasteiger partial charge in [0, 0.05) is 23.0 Å². The van der Waals surface area contributed by atoms with Crippen LogP contribution in [0.3, 0.4) is 0 Å². The van der Waals surface area contributed by atoms with Crippen molar-refractivity contribution >= 4 is 0 Å². The van der Waals surface area contributed by atoms with Crippen molar-refractivity contribution in [2.45, 2.75) is 6.10 Å². The molecule has 1 atom stereocenters. The molecule has 2 aliphatic carbocycles. The summed E-state index contributed by atoms with van der Waals surface area (Å²) in [5.74, 6) is 0.950. The Kier molecular flexibility index (Phi) is 8.45. The van der Waals surface area contributed by atoms with Crippen LogP contribution < -0.4 is 0 Å². The first kappa shape index (κ1) is 16.8. The molecule has 2 fully saturated rings. The Bertz CT molecular complexity index is 308. The maximum atomic E-state index is 9.88. The summed E-state index contributed by atoms with van der Waals surface area (Å²) in [6.07, 6.45) is 17.2. The molecule has 0 aromatic heterocycles. The van der Waals surface area contributed by atoms with Crippen molar-refractivity contribution in [1.82, 2.24) is 0 Å². The van der Waals surface area contributed by atoms with Gasteiger partial charge in [-0.3, -0.25) is 0 Å². The summed E-state index contributed by atoms with van der Waals surface area (Å²) in [7, 11) is 0. The van der Waals surface area contributed by atoms with Crippen LogP contribution in [-0.2, 0) is 17.1 Å². The fourth-order valence-corrected chi connectivity index (χ4v) is 1.72. The quantitative estimate of drug-likeness (QED) is 0.830. The Hall–Kier alpha value is -0.301. The fraction of sp³-hybridized carbons (Fsp3) is 0.0588. The zero-order valence-electron chi connectivity index (χ0n) is 10.5. The van der Waals surface area contributed by atoms with Gasteiger partial charge in [-0.25, -0.2) is 0 Å². The zero-order valence-corrected chi connectivity index (χ0v) is 11.6. The maximum Gasteiger partial charge on any atom is 0.0858 e. The van der Waals surface area contributed by atoms with Crippen molar-refractivity contribution in [3.8, 4) is 0 Å². The molecular weight excluding hydrogens is 276 g/mol. The van der Waals surface area contributed by atoms with Crippen LogP contribution in [0.5, 0.6) is 0 Å². The van der Waals surface area contributed by atoms with E-state index in [0.29, 0.717) is 0 Å². The molecule has 0 aliphatic heterocycles. The first-order chi connectivity index (χ1) is 8.88. The first-order valence-corrected chi connectivity index (χ1v) is 5.99. The molecule has 0 heterocycles. The normalized spacial score (nSPS) is 20.3. The summed E-state index contributed by atoms with van der Waals surface area (Å²) in [6, 6.07) is 9.67. The van der Waals surface area contributed by atoms with Crippen LogP contribution in [0.4, 0.5) is 0 Å². The monoisotopic (exact) mass is 292 g/mol. The molecule has 1 nitrogen and oxygen atoms in total. The van der Waals surface area contributed by atoms with Crippen molar-refractivity contribution in [3.05, 3.63) is 99.6 Å². The molecule has 1 N–H and O–H groups in total. The van der Waals surface area contributed by atoms with Gasteiger partial charge in [0.2, 0.25) is 0 Å². The summed E-state index contributed by atoms with van der Waals surface area (Å²) in [4.78, 5) is 0. The second-order valence-electron chi connectivity index (χ2n) is 3.99. The van der Waals surface area contributed by atoms with Crippen molar-refractivity contribution in [3.63, 3.8) is 0 Å². The van der Waals surface area contributed by atoms with E-state index >= 15 is 0 Å². The van der Waals surface area contributed by atoms with E-state index in [4.69, 9.17) is 0 Å². The molecule has 98 valence electrons. The third-order valence-corrected chi connectivity index (χ3v) is 2.68. The molecule has 19 heavy (non-hydrogen) atoms.